The lowest BCUT2D eigenvalue weighted by molar-refractivity contribution is 0.0529. The maximum absolute atomic E-state index is 11.7. The molecule has 1 N–H and O–H groups in total. The first kappa shape index (κ1) is 18.8. The average Bonchev–Trinajstić information content (AvgIpc) is 2.41. The maximum atomic E-state index is 11.7. The van der Waals surface area contributed by atoms with Gasteiger partial charge in [-0.15, -0.1) is 11.8 Å². The van der Waals surface area contributed by atoms with Crippen LogP contribution < -0.4 is 5.32 Å². The van der Waals surface area contributed by atoms with Crippen molar-refractivity contribution in [2.24, 2.45) is 0 Å². The van der Waals surface area contributed by atoms with Crippen molar-refractivity contribution in [2.45, 2.75) is 31.3 Å². The zero-order chi connectivity index (χ0) is 16.8. The van der Waals surface area contributed by atoms with Crippen LogP contribution in [0.5, 0.6) is 0 Å². The summed E-state index contributed by atoms with van der Waals surface area (Å²) in [5, 5.41) is 2.68. The lowest BCUT2D eigenvalue weighted by Crippen LogP contribution is -2.33. The molecule has 0 aliphatic heterocycles. The van der Waals surface area contributed by atoms with Crippen LogP contribution in [-0.4, -0.2) is 37.1 Å². The summed E-state index contributed by atoms with van der Waals surface area (Å²) in [5.41, 5.74) is -0.00693. The topological polar surface area (TPSA) is 64.6 Å². The molecule has 7 heteroatoms. The highest BCUT2D eigenvalue weighted by Gasteiger charge is 2.16. The molecule has 0 aromatic heterocycles. The standard InChI is InChI=1S/C15H20BrNO4S/c1-15(2,3)21-14(19)17-7-8-22-12-9-10(16)5-6-11(12)13(18)20-4/h5-6,9H,7-8H2,1-4H3,(H,17,19). The Balaban J connectivity index is 2.53. The lowest BCUT2D eigenvalue weighted by Gasteiger charge is -2.19. The molecule has 5 nitrogen and oxygen atoms in total. The summed E-state index contributed by atoms with van der Waals surface area (Å²) >= 11 is 4.84. The van der Waals surface area contributed by atoms with E-state index in [1.54, 1.807) is 12.1 Å². The van der Waals surface area contributed by atoms with Gasteiger partial charge < -0.3 is 14.8 Å². The van der Waals surface area contributed by atoms with Crippen molar-refractivity contribution in [1.29, 1.82) is 0 Å². The van der Waals surface area contributed by atoms with E-state index in [1.807, 2.05) is 26.8 Å². The molecule has 0 saturated carbocycles. The first-order valence-electron chi connectivity index (χ1n) is 6.70. The summed E-state index contributed by atoms with van der Waals surface area (Å²) in [4.78, 5) is 24.0. The number of benzene rings is 1. The van der Waals surface area contributed by atoms with Crippen molar-refractivity contribution in [1.82, 2.24) is 5.32 Å². The molecule has 0 radical (unpaired) electrons. The Morgan fingerprint density at radius 3 is 2.59 bits per heavy atom. The minimum atomic E-state index is -0.514. The van der Waals surface area contributed by atoms with Crippen LogP contribution in [0.1, 0.15) is 31.1 Å². The van der Waals surface area contributed by atoms with Gasteiger partial charge in [0.15, 0.2) is 0 Å². The van der Waals surface area contributed by atoms with Crippen LogP contribution in [0.25, 0.3) is 0 Å². The van der Waals surface area contributed by atoms with Crippen molar-refractivity contribution in [2.75, 3.05) is 19.4 Å². The summed E-state index contributed by atoms with van der Waals surface area (Å²) < 4.78 is 10.8. The van der Waals surface area contributed by atoms with E-state index in [0.717, 1.165) is 9.37 Å². The Morgan fingerprint density at radius 1 is 1.32 bits per heavy atom. The van der Waals surface area contributed by atoms with Gasteiger partial charge in [0, 0.05) is 21.7 Å². The van der Waals surface area contributed by atoms with Gasteiger partial charge in [-0.3, -0.25) is 0 Å². The summed E-state index contributed by atoms with van der Waals surface area (Å²) in [6.07, 6.45) is -0.449. The van der Waals surface area contributed by atoms with E-state index in [-0.39, 0.29) is 5.97 Å². The van der Waals surface area contributed by atoms with Crippen molar-refractivity contribution >= 4 is 39.8 Å². The number of alkyl carbamates (subject to hydrolysis) is 1. The molecule has 0 spiro atoms. The highest BCUT2D eigenvalue weighted by molar-refractivity contribution is 9.10. The van der Waals surface area contributed by atoms with Crippen molar-refractivity contribution in [3.05, 3.63) is 28.2 Å². The third-order valence-electron chi connectivity index (χ3n) is 2.38. The Hall–Kier alpha value is -1.21. The van der Waals surface area contributed by atoms with Crippen LogP contribution in [0.15, 0.2) is 27.6 Å². The van der Waals surface area contributed by atoms with E-state index in [0.29, 0.717) is 17.9 Å². The fourth-order valence-corrected chi connectivity index (χ4v) is 2.98. The molecule has 0 aliphatic carbocycles. The van der Waals surface area contributed by atoms with Crippen LogP contribution in [0.2, 0.25) is 0 Å². The normalized spacial score (nSPS) is 11.0. The number of hydrogen-bond donors (Lipinski definition) is 1. The Kier molecular flexibility index (Phi) is 7.22. The molecule has 0 saturated heterocycles. The number of methoxy groups -OCH3 is 1. The SMILES string of the molecule is COC(=O)c1ccc(Br)cc1SCCNC(=O)OC(C)(C)C. The van der Waals surface area contributed by atoms with Gasteiger partial charge in [-0.05, 0) is 39.0 Å². The molecule has 0 fully saturated rings. The molecular weight excluding hydrogens is 370 g/mol. The van der Waals surface area contributed by atoms with Crippen LogP contribution in [0, 0.1) is 0 Å². The van der Waals surface area contributed by atoms with Gasteiger partial charge in [0.25, 0.3) is 0 Å². The Morgan fingerprint density at radius 2 is 2.00 bits per heavy atom. The van der Waals surface area contributed by atoms with Gasteiger partial charge >= 0.3 is 12.1 Å². The van der Waals surface area contributed by atoms with E-state index in [4.69, 9.17) is 9.47 Å². The van der Waals surface area contributed by atoms with Crippen molar-refractivity contribution < 1.29 is 19.1 Å². The van der Waals surface area contributed by atoms with E-state index < -0.39 is 11.7 Å². The first-order chi connectivity index (χ1) is 10.2. The molecule has 0 aliphatic rings. The Bertz CT molecular complexity index is 543. The van der Waals surface area contributed by atoms with Gasteiger partial charge in [0.1, 0.15) is 5.60 Å². The molecule has 0 heterocycles. The van der Waals surface area contributed by atoms with Crippen molar-refractivity contribution in [3.63, 3.8) is 0 Å². The number of rotatable bonds is 5. The lowest BCUT2D eigenvalue weighted by atomic mass is 10.2. The predicted molar refractivity (Wildman–Crippen MR) is 90.4 cm³/mol. The Labute approximate surface area is 143 Å². The zero-order valence-electron chi connectivity index (χ0n) is 13.1. The smallest absolute Gasteiger partial charge is 0.407 e. The van der Waals surface area contributed by atoms with E-state index in [2.05, 4.69) is 21.2 Å². The molecular formula is C15H20BrNO4S. The average molecular weight is 390 g/mol. The first-order valence-corrected chi connectivity index (χ1v) is 8.48. The van der Waals surface area contributed by atoms with Gasteiger partial charge in [-0.1, -0.05) is 15.9 Å². The van der Waals surface area contributed by atoms with Gasteiger partial charge in [-0.25, -0.2) is 9.59 Å². The summed E-state index contributed by atoms with van der Waals surface area (Å²) in [7, 11) is 1.35. The third-order valence-corrected chi connectivity index (χ3v) is 3.93. The molecule has 1 amide bonds. The minimum absolute atomic E-state index is 0.380. The fraction of sp³-hybridized carbons (Fsp3) is 0.467. The number of hydrogen-bond acceptors (Lipinski definition) is 5. The molecule has 0 atom stereocenters. The molecule has 1 rings (SSSR count). The summed E-state index contributed by atoms with van der Waals surface area (Å²) in [6, 6.07) is 5.35. The second-order valence-electron chi connectivity index (χ2n) is 5.41. The second-order valence-corrected chi connectivity index (χ2v) is 7.46. The minimum Gasteiger partial charge on any atom is -0.465 e. The number of carbonyl (C=O) groups is 2. The summed E-state index contributed by atoms with van der Waals surface area (Å²) in [5.74, 6) is 0.231. The largest absolute Gasteiger partial charge is 0.465 e. The number of nitrogens with one attached hydrogen (secondary N) is 1. The second kappa shape index (κ2) is 8.43. The van der Waals surface area contributed by atoms with Crippen LogP contribution >= 0.6 is 27.7 Å². The number of esters is 1. The maximum Gasteiger partial charge on any atom is 0.407 e. The van der Waals surface area contributed by atoms with Crippen LogP contribution in [0.3, 0.4) is 0 Å². The number of thioether (sulfide) groups is 1. The molecule has 0 unspecified atom stereocenters. The van der Waals surface area contributed by atoms with Gasteiger partial charge in [0.05, 0.1) is 12.7 Å². The number of ether oxygens (including phenoxy) is 2. The highest BCUT2D eigenvalue weighted by atomic mass is 79.9. The number of halogens is 1. The zero-order valence-corrected chi connectivity index (χ0v) is 15.5. The molecule has 1 aromatic rings. The quantitative estimate of drug-likeness (QED) is 0.470. The van der Waals surface area contributed by atoms with E-state index >= 15 is 0 Å². The summed E-state index contributed by atoms with van der Waals surface area (Å²) in [6.45, 7) is 5.87. The molecule has 1 aromatic carbocycles. The third kappa shape index (κ3) is 6.70. The monoisotopic (exact) mass is 389 g/mol. The molecule has 0 bridgehead atoms. The van der Waals surface area contributed by atoms with E-state index in [1.165, 1.54) is 18.9 Å². The van der Waals surface area contributed by atoms with Crippen LogP contribution in [0.4, 0.5) is 4.79 Å². The highest BCUT2D eigenvalue weighted by Crippen LogP contribution is 2.26. The number of amides is 1. The fourth-order valence-electron chi connectivity index (χ4n) is 1.52. The van der Waals surface area contributed by atoms with E-state index in [9.17, 15) is 9.59 Å². The van der Waals surface area contributed by atoms with Crippen LogP contribution in [-0.2, 0) is 9.47 Å². The molecule has 22 heavy (non-hydrogen) atoms. The molecule has 122 valence electrons. The van der Waals surface area contributed by atoms with Gasteiger partial charge in [-0.2, -0.15) is 0 Å². The van der Waals surface area contributed by atoms with Crippen molar-refractivity contribution in [3.8, 4) is 0 Å². The number of carbonyl (C=O) groups excluding carboxylic acids is 2. The van der Waals surface area contributed by atoms with Gasteiger partial charge in [0.2, 0.25) is 0 Å². The predicted octanol–water partition coefficient (Wildman–Crippen LogP) is 3.85.